The molecular weight excluding hydrogens is 932 g/mol. The van der Waals surface area contributed by atoms with Crippen molar-refractivity contribution in [3.05, 3.63) is 205 Å². The van der Waals surface area contributed by atoms with Crippen molar-refractivity contribution in [3.63, 3.8) is 0 Å². The molecule has 0 radical (unpaired) electrons. The number of hydrogen-bond acceptors (Lipinski definition) is 7. The molecule has 4 unspecified atom stereocenters. The van der Waals surface area contributed by atoms with E-state index < -0.39 is 54.0 Å². The fraction of sp³-hybridized carbons (Fsp3) is 0.143. The molecule has 0 aliphatic rings. The molecule has 2 N–H and O–H groups in total. The van der Waals surface area contributed by atoms with E-state index in [1.54, 1.807) is 107 Å². The summed E-state index contributed by atoms with van der Waals surface area (Å²) in [6.07, 6.45) is -6.33. The maximum absolute atomic E-state index is 14.8. The molecule has 0 saturated heterocycles. The highest BCUT2D eigenvalue weighted by Gasteiger charge is 2.50. The van der Waals surface area contributed by atoms with E-state index in [2.05, 4.69) is 15.5 Å². The molecule has 11 nitrogen and oxygen atoms in total. The lowest BCUT2D eigenvalue weighted by Crippen LogP contribution is -2.59. The zero-order valence-electron chi connectivity index (χ0n) is 38.3. The molecular formula is C56H43F5N6O5. The highest BCUT2D eigenvalue weighted by atomic mass is 19.4. The summed E-state index contributed by atoms with van der Waals surface area (Å²) in [7, 11) is 0. The molecule has 8 aromatic carbocycles. The summed E-state index contributed by atoms with van der Waals surface area (Å²) in [5.41, 5.74) is 3.62. The Balaban J connectivity index is 0.958. The van der Waals surface area contributed by atoms with E-state index in [1.165, 1.54) is 31.2 Å². The SMILES string of the molecule is CC(C(Oc1ccc2c(cnn2-c2ccc(F)cc2)c1)c1ccc2ccccc2c1)N(C(=O)C(F)(F)F)C(O)C(=O)NC(COc1ccc2c(cnn2-c2ccc(F)cc2)c1)Cc1ccc2ccccc2c1. The zero-order valence-corrected chi connectivity index (χ0v) is 38.3. The van der Waals surface area contributed by atoms with Crippen LogP contribution in [0.2, 0.25) is 0 Å². The molecule has 362 valence electrons. The van der Waals surface area contributed by atoms with E-state index in [9.17, 15) is 36.6 Å². The number of ether oxygens (including phenoxy) is 2. The van der Waals surface area contributed by atoms with Crippen LogP contribution >= 0.6 is 0 Å². The summed E-state index contributed by atoms with van der Waals surface area (Å²) in [6.45, 7) is 1.06. The van der Waals surface area contributed by atoms with Gasteiger partial charge in [-0.15, -0.1) is 0 Å². The van der Waals surface area contributed by atoms with Gasteiger partial charge < -0.3 is 19.9 Å². The number of aliphatic hydroxyl groups is 1. The zero-order chi connectivity index (χ0) is 50.1. The second kappa shape index (κ2) is 19.6. The van der Waals surface area contributed by atoms with Crippen molar-refractivity contribution in [1.82, 2.24) is 29.8 Å². The Morgan fingerprint density at radius 1 is 0.639 bits per heavy atom. The third-order valence-electron chi connectivity index (χ3n) is 12.5. The monoisotopic (exact) mass is 974 g/mol. The third-order valence-corrected chi connectivity index (χ3v) is 12.5. The minimum atomic E-state index is -5.53. The van der Waals surface area contributed by atoms with E-state index in [0.29, 0.717) is 44.5 Å². The van der Waals surface area contributed by atoms with Crippen molar-refractivity contribution in [2.24, 2.45) is 0 Å². The largest absolute Gasteiger partial charge is 0.491 e. The maximum Gasteiger partial charge on any atom is 0.471 e. The number of alkyl halides is 3. The van der Waals surface area contributed by atoms with Gasteiger partial charge >= 0.3 is 12.1 Å². The Labute approximate surface area is 408 Å². The highest BCUT2D eigenvalue weighted by molar-refractivity contribution is 5.90. The molecule has 10 aromatic rings. The first-order chi connectivity index (χ1) is 34.7. The first-order valence-corrected chi connectivity index (χ1v) is 22.9. The molecule has 72 heavy (non-hydrogen) atoms. The fourth-order valence-corrected chi connectivity index (χ4v) is 8.95. The Hall–Kier alpha value is -8.63. The number of aliphatic hydroxyl groups excluding tert-OH is 1. The molecule has 4 atom stereocenters. The van der Waals surface area contributed by atoms with Gasteiger partial charge in [0, 0.05) is 10.8 Å². The molecule has 16 heteroatoms. The average Bonchev–Trinajstić information content (AvgIpc) is 4.01. The average molecular weight is 975 g/mol. The smallest absolute Gasteiger partial charge is 0.471 e. The lowest BCUT2D eigenvalue weighted by atomic mass is 9.98. The van der Waals surface area contributed by atoms with Crippen molar-refractivity contribution in [3.8, 4) is 22.9 Å². The van der Waals surface area contributed by atoms with Crippen LogP contribution in [0, 0.1) is 11.6 Å². The number of aromatic nitrogens is 4. The third kappa shape index (κ3) is 9.89. The number of benzene rings is 8. The second-order valence-corrected chi connectivity index (χ2v) is 17.4. The van der Waals surface area contributed by atoms with Gasteiger partial charge in [0.2, 0.25) is 6.23 Å². The number of halogens is 5. The topological polar surface area (TPSA) is 124 Å². The number of fused-ring (bicyclic) bond motifs is 4. The van der Waals surface area contributed by atoms with Crippen LogP contribution < -0.4 is 14.8 Å². The van der Waals surface area contributed by atoms with Crippen molar-refractivity contribution in [2.75, 3.05) is 6.61 Å². The minimum Gasteiger partial charge on any atom is -0.491 e. The normalized spacial score (nSPS) is 13.5. The van der Waals surface area contributed by atoms with Gasteiger partial charge in [-0.05, 0) is 137 Å². The number of nitrogens with zero attached hydrogens (tertiary/aromatic N) is 5. The van der Waals surface area contributed by atoms with Crippen molar-refractivity contribution in [1.29, 1.82) is 0 Å². The van der Waals surface area contributed by atoms with Gasteiger partial charge in [-0.2, -0.15) is 23.4 Å². The van der Waals surface area contributed by atoms with Crippen molar-refractivity contribution in [2.45, 2.75) is 43.9 Å². The Kier molecular flexibility index (Phi) is 12.8. The van der Waals surface area contributed by atoms with Crippen LogP contribution in [0.4, 0.5) is 22.0 Å². The predicted octanol–water partition coefficient (Wildman–Crippen LogP) is 11.0. The second-order valence-electron chi connectivity index (χ2n) is 17.4. The van der Waals surface area contributed by atoms with Crippen molar-refractivity contribution >= 4 is 55.2 Å². The van der Waals surface area contributed by atoms with Gasteiger partial charge in [0.1, 0.15) is 35.8 Å². The minimum absolute atomic E-state index is 0.0981. The van der Waals surface area contributed by atoms with Gasteiger partial charge in [0.15, 0.2) is 0 Å². The Bertz CT molecular complexity index is 3600. The predicted molar refractivity (Wildman–Crippen MR) is 263 cm³/mol. The van der Waals surface area contributed by atoms with Crippen molar-refractivity contribution < 1.29 is 46.1 Å². The summed E-state index contributed by atoms with van der Waals surface area (Å²) < 4.78 is 87.8. The van der Waals surface area contributed by atoms with Crippen LogP contribution in [0.3, 0.4) is 0 Å². The number of carbonyl (C=O) groups excluding carboxylic acids is 2. The number of nitrogens with one attached hydrogen (secondary N) is 1. The van der Waals surface area contributed by atoms with E-state index >= 15 is 0 Å². The first-order valence-electron chi connectivity index (χ1n) is 22.9. The first kappa shape index (κ1) is 47.1. The number of amides is 2. The number of rotatable bonds is 15. The van der Waals surface area contributed by atoms with Crippen LogP contribution in [-0.2, 0) is 16.0 Å². The van der Waals surface area contributed by atoms with E-state index in [4.69, 9.17) is 9.47 Å². The summed E-state index contributed by atoms with van der Waals surface area (Å²) in [5.74, 6) is -4.03. The summed E-state index contributed by atoms with van der Waals surface area (Å²) in [6, 6.07) is 44.8. The molecule has 0 fully saturated rings. The van der Waals surface area contributed by atoms with Crippen LogP contribution in [0.1, 0.15) is 24.2 Å². The lowest BCUT2D eigenvalue weighted by Gasteiger charge is -2.38. The fourth-order valence-electron chi connectivity index (χ4n) is 8.95. The van der Waals surface area contributed by atoms with Gasteiger partial charge in [0.05, 0.1) is 46.9 Å². The molecule has 0 spiro atoms. The lowest BCUT2D eigenvalue weighted by molar-refractivity contribution is -0.201. The highest BCUT2D eigenvalue weighted by Crippen LogP contribution is 2.35. The van der Waals surface area contributed by atoms with Gasteiger partial charge in [-0.3, -0.25) is 14.5 Å². The molecule has 2 aromatic heterocycles. The maximum atomic E-state index is 14.8. The molecule has 0 aliphatic carbocycles. The standard InChI is InChI=1S/C56H43F5N6O5/c1-34(52(40-13-12-37-7-3-5-9-39(37)28-40)72-49-23-25-51-42(30-49)32-63-67(51)47-20-16-44(58)17-21-47)65(55(70)56(59,60)61)54(69)53(68)64-45(27-35-10-11-36-6-2-4-8-38(36)26-35)33-71-48-22-24-50-41(29-48)31-62-66(50)46-18-14-43(57)15-19-46/h2-26,28-32,34,45,52,54,69H,27,33H2,1H3,(H,64,68). The Morgan fingerprint density at radius 2 is 1.17 bits per heavy atom. The van der Waals surface area contributed by atoms with Crippen LogP contribution in [-0.4, -0.2) is 72.5 Å². The Morgan fingerprint density at radius 3 is 1.75 bits per heavy atom. The molecule has 0 bridgehead atoms. The molecule has 0 saturated carbocycles. The quantitative estimate of drug-likeness (QED) is 0.0774. The van der Waals surface area contributed by atoms with Crippen LogP contribution in [0.5, 0.6) is 11.5 Å². The summed E-state index contributed by atoms with van der Waals surface area (Å²) in [5, 5.41) is 28.1. The van der Waals surface area contributed by atoms with Crippen LogP contribution in [0.25, 0.3) is 54.7 Å². The van der Waals surface area contributed by atoms with Gasteiger partial charge in [-0.25, -0.2) is 18.1 Å². The van der Waals surface area contributed by atoms with E-state index in [1.807, 2.05) is 60.7 Å². The molecule has 2 heterocycles. The summed E-state index contributed by atoms with van der Waals surface area (Å²) in [4.78, 5) is 28.1. The molecule has 0 aliphatic heterocycles. The van der Waals surface area contributed by atoms with E-state index in [0.717, 1.165) is 27.1 Å². The van der Waals surface area contributed by atoms with Gasteiger partial charge in [-0.1, -0.05) is 78.9 Å². The molecule has 2 amide bonds. The van der Waals surface area contributed by atoms with Crippen LogP contribution in [0.15, 0.2) is 182 Å². The van der Waals surface area contributed by atoms with Gasteiger partial charge in [0.25, 0.3) is 5.91 Å². The number of hydrogen-bond donors (Lipinski definition) is 2. The summed E-state index contributed by atoms with van der Waals surface area (Å²) >= 11 is 0. The molecule has 10 rings (SSSR count). The van der Waals surface area contributed by atoms with E-state index in [-0.39, 0.29) is 23.7 Å². The number of carbonyl (C=O) groups is 2.